The van der Waals surface area contributed by atoms with Gasteiger partial charge in [0.2, 0.25) is 15.8 Å². The number of ether oxygens (including phenoxy) is 1. The van der Waals surface area contributed by atoms with E-state index in [1.165, 1.54) is 16.1 Å². The van der Waals surface area contributed by atoms with Crippen molar-refractivity contribution in [1.82, 2.24) is 25.2 Å². The molecule has 0 atom stereocenters. The molecule has 3 aromatic carbocycles. The topological polar surface area (TPSA) is 152 Å². The Morgan fingerprint density at radius 1 is 1.03 bits per heavy atom. The van der Waals surface area contributed by atoms with E-state index < -0.39 is 10.0 Å². The molecule has 0 spiro atoms. The highest BCUT2D eigenvalue weighted by atomic mass is 32.2. The number of anilines is 1. The van der Waals surface area contributed by atoms with Crippen molar-refractivity contribution in [3.05, 3.63) is 65.7 Å². The number of hydrogen-bond acceptors (Lipinski definition) is 9. The summed E-state index contributed by atoms with van der Waals surface area (Å²) in [4.78, 5) is 5.92. The maximum Gasteiger partial charge on any atom is 0.239 e. The molecule has 39 heavy (non-hydrogen) atoms. The maximum absolute atomic E-state index is 13.2. The number of nitrogens with zero attached hydrogens (tertiary/aromatic N) is 5. The van der Waals surface area contributed by atoms with E-state index >= 15 is 0 Å². The van der Waals surface area contributed by atoms with Crippen LogP contribution < -0.4 is 15.6 Å². The summed E-state index contributed by atoms with van der Waals surface area (Å²) in [5.74, 6) is 0.888. The van der Waals surface area contributed by atoms with Gasteiger partial charge in [-0.25, -0.2) is 18.5 Å². The van der Waals surface area contributed by atoms with Crippen molar-refractivity contribution < 1.29 is 13.2 Å². The van der Waals surface area contributed by atoms with Gasteiger partial charge in [-0.05, 0) is 51.9 Å². The number of hydrogen-bond donors (Lipinski definition) is 2. The normalized spacial score (nSPS) is 12.2. The average molecular weight is 564 g/mol. The van der Waals surface area contributed by atoms with E-state index in [2.05, 4.69) is 20.4 Å². The molecule has 0 amide bonds. The lowest BCUT2D eigenvalue weighted by molar-refractivity contribution is 0.408. The minimum atomic E-state index is -4.19. The summed E-state index contributed by atoms with van der Waals surface area (Å²) in [6.45, 7) is 6.44. The minimum absolute atomic E-state index is 0.0147. The maximum atomic E-state index is 13.2. The van der Waals surface area contributed by atoms with E-state index in [1.54, 1.807) is 13.2 Å². The molecule has 0 radical (unpaired) electrons. The Morgan fingerprint density at radius 2 is 1.77 bits per heavy atom. The third-order valence-electron chi connectivity index (χ3n) is 6.13. The zero-order valence-electron chi connectivity index (χ0n) is 22.0. The molecule has 12 heteroatoms. The molecular formula is C27H29N7O3S2. The number of nitrogen functional groups attached to an aromatic ring is 1. The Morgan fingerprint density at radius 3 is 2.44 bits per heavy atom. The van der Waals surface area contributed by atoms with Gasteiger partial charge in [0.15, 0.2) is 5.13 Å². The Balaban J connectivity index is 1.73. The first kappa shape index (κ1) is 26.7. The number of aromatic nitrogens is 5. The average Bonchev–Trinajstić information content (AvgIpc) is 3.48. The van der Waals surface area contributed by atoms with E-state index in [9.17, 15) is 8.42 Å². The number of rotatable bonds is 7. The van der Waals surface area contributed by atoms with Crippen LogP contribution in [0.2, 0.25) is 0 Å². The molecule has 0 fully saturated rings. The number of benzene rings is 3. The quantitative estimate of drug-likeness (QED) is 0.294. The van der Waals surface area contributed by atoms with Gasteiger partial charge in [0.25, 0.3) is 0 Å². The molecule has 0 aliphatic carbocycles. The van der Waals surface area contributed by atoms with Gasteiger partial charge in [-0.2, -0.15) is 4.80 Å². The minimum Gasteiger partial charge on any atom is -0.497 e. The summed E-state index contributed by atoms with van der Waals surface area (Å²) in [7, 11) is -2.59. The number of sulfonamides is 1. The van der Waals surface area contributed by atoms with Gasteiger partial charge in [0.1, 0.15) is 5.75 Å². The van der Waals surface area contributed by atoms with Crippen LogP contribution in [0.3, 0.4) is 0 Å². The first-order valence-electron chi connectivity index (χ1n) is 12.2. The van der Waals surface area contributed by atoms with Crippen molar-refractivity contribution in [2.45, 2.75) is 38.6 Å². The number of tetrazole rings is 1. The Bertz CT molecular complexity index is 1770. The first-order chi connectivity index (χ1) is 18.4. The molecule has 0 aliphatic heterocycles. The highest BCUT2D eigenvalue weighted by molar-refractivity contribution is 7.89. The van der Waals surface area contributed by atoms with Crippen LogP contribution in [0.1, 0.15) is 31.9 Å². The summed E-state index contributed by atoms with van der Waals surface area (Å²) in [6.07, 6.45) is 0.472. The zero-order valence-corrected chi connectivity index (χ0v) is 23.7. The second-order valence-corrected chi connectivity index (χ2v) is 13.0. The molecule has 4 N–H and O–H groups in total. The molecule has 0 saturated carbocycles. The lowest BCUT2D eigenvalue weighted by atomic mass is 9.86. The second-order valence-electron chi connectivity index (χ2n) is 10.5. The lowest BCUT2D eigenvalue weighted by Crippen LogP contribution is -2.20. The Kier molecular flexibility index (Phi) is 6.87. The van der Waals surface area contributed by atoms with Crippen molar-refractivity contribution in [2.75, 3.05) is 12.8 Å². The van der Waals surface area contributed by atoms with Crippen LogP contribution >= 0.6 is 11.3 Å². The van der Waals surface area contributed by atoms with Crippen LogP contribution in [0.15, 0.2) is 59.5 Å². The van der Waals surface area contributed by atoms with Crippen molar-refractivity contribution in [1.29, 1.82) is 0 Å². The van der Waals surface area contributed by atoms with Crippen molar-refractivity contribution >= 4 is 36.7 Å². The Hall–Kier alpha value is -3.87. The third-order valence-corrected chi connectivity index (χ3v) is 8.01. The van der Waals surface area contributed by atoms with Crippen LogP contribution in [0.4, 0.5) is 5.13 Å². The summed E-state index contributed by atoms with van der Waals surface area (Å²) in [6, 6.07) is 16.9. The fourth-order valence-electron chi connectivity index (χ4n) is 4.60. The Labute approximate surface area is 230 Å². The monoisotopic (exact) mass is 563 g/mol. The first-order valence-corrected chi connectivity index (χ1v) is 14.5. The number of fused-ring (bicyclic) bond motifs is 1. The van der Waals surface area contributed by atoms with Crippen LogP contribution in [-0.2, 0) is 23.0 Å². The predicted molar refractivity (Wildman–Crippen MR) is 153 cm³/mol. The van der Waals surface area contributed by atoms with E-state index in [0.29, 0.717) is 45.9 Å². The van der Waals surface area contributed by atoms with Gasteiger partial charge >= 0.3 is 0 Å². The SMILES string of the molecule is COc1ccc(Cn2nnc(-c3c(-c4cccc5sc(N)nc45)ccc(CC(C)(C)C)c3S(N)(=O)=O)n2)cc1. The molecule has 202 valence electrons. The number of thiazole rings is 1. The van der Waals surface area contributed by atoms with Gasteiger partial charge in [-0.1, -0.05) is 68.5 Å². The third kappa shape index (κ3) is 5.63. The van der Waals surface area contributed by atoms with E-state index in [0.717, 1.165) is 16.0 Å². The standard InChI is InChI=1S/C27H29N7O3S2/c1-27(2,3)14-17-10-13-19(20-6-5-7-21-23(20)30-26(28)38-21)22(24(17)39(29,35)36)25-31-33-34(32-25)15-16-8-11-18(37-4)12-9-16/h5-13H,14-15H2,1-4H3,(H2,28,30)(H2,29,35,36). The van der Waals surface area contributed by atoms with Crippen molar-refractivity contribution in [2.24, 2.45) is 10.6 Å². The molecule has 5 rings (SSSR count). The van der Waals surface area contributed by atoms with Crippen LogP contribution in [0.25, 0.3) is 32.7 Å². The number of nitrogens with two attached hydrogens (primary N) is 2. The molecule has 10 nitrogen and oxygen atoms in total. The zero-order chi connectivity index (χ0) is 27.9. The van der Waals surface area contributed by atoms with Crippen LogP contribution in [-0.4, -0.2) is 40.7 Å². The van der Waals surface area contributed by atoms with Gasteiger partial charge in [-0.3, -0.25) is 0 Å². The number of primary sulfonamides is 1. The van der Waals surface area contributed by atoms with Crippen molar-refractivity contribution in [3.63, 3.8) is 0 Å². The highest BCUT2D eigenvalue weighted by Crippen LogP contribution is 2.42. The fraction of sp³-hybridized carbons (Fsp3) is 0.259. The smallest absolute Gasteiger partial charge is 0.239 e. The molecule has 0 unspecified atom stereocenters. The van der Waals surface area contributed by atoms with Gasteiger partial charge < -0.3 is 10.5 Å². The van der Waals surface area contributed by atoms with Crippen LogP contribution in [0, 0.1) is 5.41 Å². The predicted octanol–water partition coefficient (Wildman–Crippen LogP) is 4.49. The van der Waals surface area contributed by atoms with Crippen LogP contribution in [0.5, 0.6) is 5.75 Å². The molecule has 0 bridgehead atoms. The number of methoxy groups -OCH3 is 1. The van der Waals surface area contributed by atoms with Gasteiger partial charge in [-0.15, -0.1) is 10.2 Å². The molecule has 2 heterocycles. The highest BCUT2D eigenvalue weighted by Gasteiger charge is 2.29. The van der Waals surface area contributed by atoms with E-state index in [4.69, 9.17) is 15.6 Å². The molecule has 0 aliphatic rings. The van der Waals surface area contributed by atoms with Gasteiger partial charge in [0, 0.05) is 5.56 Å². The summed E-state index contributed by atoms with van der Waals surface area (Å²) < 4.78 is 32.5. The summed E-state index contributed by atoms with van der Waals surface area (Å²) in [5.41, 5.74) is 9.56. The molecule has 5 aromatic rings. The fourth-order valence-corrected chi connectivity index (χ4v) is 6.35. The molecular weight excluding hydrogens is 534 g/mol. The van der Waals surface area contributed by atoms with Gasteiger partial charge in [0.05, 0.1) is 34.3 Å². The molecule has 2 aromatic heterocycles. The summed E-state index contributed by atoms with van der Waals surface area (Å²) >= 11 is 1.36. The van der Waals surface area contributed by atoms with Crippen molar-refractivity contribution in [3.8, 4) is 28.3 Å². The summed E-state index contributed by atoms with van der Waals surface area (Å²) in [5, 5.41) is 19.4. The van der Waals surface area contributed by atoms with E-state index in [1.807, 2.05) is 69.3 Å². The largest absolute Gasteiger partial charge is 0.497 e. The number of para-hydroxylation sites is 1. The lowest BCUT2D eigenvalue weighted by Gasteiger charge is -2.22. The molecule has 0 saturated heterocycles. The van der Waals surface area contributed by atoms with E-state index in [-0.39, 0.29) is 16.1 Å². The second kappa shape index (κ2) is 10.0.